The first-order chi connectivity index (χ1) is 16.5. The van der Waals surface area contributed by atoms with Crippen LogP contribution in [0.1, 0.15) is 43.6 Å². The van der Waals surface area contributed by atoms with E-state index in [9.17, 15) is 0 Å². The van der Waals surface area contributed by atoms with Gasteiger partial charge in [-0.2, -0.15) is 0 Å². The molecule has 0 radical (unpaired) electrons. The molecule has 3 aromatic heterocycles. The van der Waals surface area contributed by atoms with Gasteiger partial charge in [-0.25, -0.2) is 9.67 Å². The maximum Gasteiger partial charge on any atom is 0.124 e. The van der Waals surface area contributed by atoms with Crippen molar-refractivity contribution < 1.29 is 0 Å². The lowest BCUT2D eigenvalue weighted by molar-refractivity contribution is 0.172. The molecule has 0 bridgehead atoms. The molecular weight excluding hydrogens is 446 g/mol. The number of nitrogens with two attached hydrogens (primary N) is 1. The predicted molar refractivity (Wildman–Crippen MR) is 135 cm³/mol. The highest BCUT2D eigenvalue weighted by atomic mass is 35.5. The third-order valence-electron chi connectivity index (χ3n) is 6.32. The molecule has 0 saturated carbocycles. The number of anilines is 1. The number of pyridine rings is 2. The Morgan fingerprint density at radius 1 is 0.941 bits per heavy atom. The van der Waals surface area contributed by atoms with Gasteiger partial charge in [-0.15, -0.1) is 5.10 Å². The van der Waals surface area contributed by atoms with E-state index in [2.05, 4.69) is 39.3 Å². The van der Waals surface area contributed by atoms with Crippen LogP contribution >= 0.6 is 11.6 Å². The molecule has 1 saturated heterocycles. The van der Waals surface area contributed by atoms with Gasteiger partial charge in [-0.05, 0) is 69.3 Å². The van der Waals surface area contributed by atoms with E-state index in [1.165, 1.54) is 19.3 Å². The second kappa shape index (κ2) is 9.91. The molecule has 0 amide bonds. The zero-order valence-electron chi connectivity index (χ0n) is 19.2. The SMILES string of the molecule is C[C@H](c1cccc(Cn2cc(-c3cc(N)nc(-c4cccc(Cl)c4)c3)nn2)n1)N1CCCCC1. The minimum atomic E-state index is 0.316. The molecule has 0 aliphatic carbocycles. The molecule has 1 aliphatic rings. The monoisotopic (exact) mass is 473 g/mol. The van der Waals surface area contributed by atoms with E-state index in [1.54, 1.807) is 0 Å². The van der Waals surface area contributed by atoms with Crippen molar-refractivity contribution in [2.45, 2.75) is 38.8 Å². The number of nitrogens with zero attached hydrogens (tertiary/aromatic N) is 6. The van der Waals surface area contributed by atoms with Crippen molar-refractivity contribution in [3.8, 4) is 22.5 Å². The third-order valence-corrected chi connectivity index (χ3v) is 6.55. The van der Waals surface area contributed by atoms with Gasteiger partial charge in [0.2, 0.25) is 0 Å². The van der Waals surface area contributed by atoms with Crippen LogP contribution in [0, 0.1) is 0 Å². The summed E-state index contributed by atoms with van der Waals surface area (Å²) in [5.74, 6) is 0.420. The van der Waals surface area contributed by atoms with Crippen LogP contribution < -0.4 is 5.73 Å². The van der Waals surface area contributed by atoms with Crippen molar-refractivity contribution in [2.75, 3.05) is 18.8 Å². The lowest BCUT2D eigenvalue weighted by Gasteiger charge is -2.32. The molecule has 4 aromatic rings. The van der Waals surface area contributed by atoms with Crippen LogP contribution in [0.5, 0.6) is 0 Å². The number of likely N-dealkylation sites (tertiary alicyclic amines) is 1. The largest absolute Gasteiger partial charge is 0.384 e. The molecule has 2 N–H and O–H groups in total. The molecule has 4 heterocycles. The number of hydrogen-bond donors (Lipinski definition) is 1. The zero-order valence-corrected chi connectivity index (χ0v) is 20.0. The number of benzene rings is 1. The molecular formula is C26H28ClN7. The topological polar surface area (TPSA) is 85.8 Å². The first-order valence-corrected chi connectivity index (χ1v) is 12.1. The van der Waals surface area contributed by atoms with E-state index in [0.717, 1.165) is 47.0 Å². The lowest BCUT2D eigenvalue weighted by Crippen LogP contribution is -2.32. The van der Waals surface area contributed by atoms with Gasteiger partial charge in [0.1, 0.15) is 11.5 Å². The maximum atomic E-state index is 6.15. The van der Waals surface area contributed by atoms with E-state index in [1.807, 2.05) is 53.3 Å². The summed E-state index contributed by atoms with van der Waals surface area (Å²) in [6.07, 6.45) is 5.78. The number of halogens is 1. The Hall–Kier alpha value is -3.29. The molecule has 1 aliphatic heterocycles. The third kappa shape index (κ3) is 5.11. The summed E-state index contributed by atoms with van der Waals surface area (Å²) >= 11 is 6.15. The van der Waals surface area contributed by atoms with Crippen molar-refractivity contribution >= 4 is 17.4 Å². The first-order valence-electron chi connectivity index (χ1n) is 11.7. The fraction of sp³-hybridized carbons (Fsp3) is 0.308. The second-order valence-corrected chi connectivity index (χ2v) is 9.24. The van der Waals surface area contributed by atoms with Crippen LogP contribution in [0.2, 0.25) is 5.02 Å². The van der Waals surface area contributed by atoms with Crippen molar-refractivity contribution in [1.82, 2.24) is 29.9 Å². The molecule has 0 unspecified atom stereocenters. The average Bonchev–Trinajstić information content (AvgIpc) is 3.32. The van der Waals surface area contributed by atoms with Gasteiger partial charge in [-0.3, -0.25) is 9.88 Å². The Morgan fingerprint density at radius 3 is 2.59 bits per heavy atom. The fourth-order valence-corrected chi connectivity index (χ4v) is 4.67. The Balaban J connectivity index is 1.35. The lowest BCUT2D eigenvalue weighted by atomic mass is 10.1. The standard InChI is InChI=1S/C26H28ClN7/c1-18(33-11-3-2-4-12-33)23-10-6-9-22(29-23)16-34-17-25(31-32-34)20-14-24(30-26(28)15-20)19-7-5-8-21(27)13-19/h5-10,13-15,17-18H,2-4,11-12,16H2,1H3,(H2,28,30)/t18-/m1/s1. The quantitative estimate of drug-likeness (QED) is 0.412. The minimum absolute atomic E-state index is 0.316. The van der Waals surface area contributed by atoms with E-state index in [4.69, 9.17) is 22.3 Å². The van der Waals surface area contributed by atoms with Crippen LogP contribution in [0.4, 0.5) is 5.82 Å². The van der Waals surface area contributed by atoms with Crippen LogP contribution in [0.3, 0.4) is 0 Å². The Kier molecular flexibility index (Phi) is 6.56. The molecule has 34 heavy (non-hydrogen) atoms. The molecule has 1 fully saturated rings. The maximum absolute atomic E-state index is 6.15. The van der Waals surface area contributed by atoms with Gasteiger partial charge in [-0.1, -0.05) is 41.4 Å². The predicted octanol–water partition coefficient (Wildman–Crippen LogP) is 5.23. The fourth-order valence-electron chi connectivity index (χ4n) is 4.48. The van der Waals surface area contributed by atoms with Crippen molar-refractivity contribution in [2.24, 2.45) is 0 Å². The van der Waals surface area contributed by atoms with E-state index >= 15 is 0 Å². The molecule has 0 spiro atoms. The summed E-state index contributed by atoms with van der Waals surface area (Å²) in [7, 11) is 0. The summed E-state index contributed by atoms with van der Waals surface area (Å²) in [4.78, 5) is 11.9. The Morgan fingerprint density at radius 2 is 1.76 bits per heavy atom. The zero-order chi connectivity index (χ0) is 23.5. The van der Waals surface area contributed by atoms with E-state index in [-0.39, 0.29) is 0 Å². The Labute approximate surface area is 204 Å². The minimum Gasteiger partial charge on any atom is -0.384 e. The Bertz CT molecular complexity index is 1280. The van der Waals surface area contributed by atoms with Crippen LogP contribution in [0.15, 0.2) is 60.8 Å². The average molecular weight is 474 g/mol. The van der Waals surface area contributed by atoms with E-state index < -0.39 is 0 Å². The van der Waals surface area contributed by atoms with Gasteiger partial charge in [0, 0.05) is 22.2 Å². The molecule has 5 rings (SSSR count). The normalized spacial score (nSPS) is 15.4. The second-order valence-electron chi connectivity index (χ2n) is 8.80. The summed E-state index contributed by atoms with van der Waals surface area (Å²) in [6.45, 7) is 5.09. The first kappa shape index (κ1) is 22.5. The highest BCUT2D eigenvalue weighted by Crippen LogP contribution is 2.27. The van der Waals surface area contributed by atoms with Gasteiger partial charge in [0.25, 0.3) is 0 Å². The summed E-state index contributed by atoms with van der Waals surface area (Å²) in [6, 6.07) is 17.9. The van der Waals surface area contributed by atoms with Gasteiger partial charge < -0.3 is 5.73 Å². The molecule has 8 heteroatoms. The number of piperidine rings is 1. The summed E-state index contributed by atoms with van der Waals surface area (Å²) < 4.78 is 1.81. The number of hydrogen-bond acceptors (Lipinski definition) is 6. The summed E-state index contributed by atoms with van der Waals surface area (Å²) in [5, 5.41) is 9.36. The van der Waals surface area contributed by atoms with Crippen molar-refractivity contribution in [3.05, 3.63) is 77.2 Å². The molecule has 1 aromatic carbocycles. The molecule has 174 valence electrons. The smallest absolute Gasteiger partial charge is 0.124 e. The van der Waals surface area contributed by atoms with Gasteiger partial charge in [0.05, 0.1) is 29.8 Å². The van der Waals surface area contributed by atoms with E-state index in [0.29, 0.717) is 23.4 Å². The van der Waals surface area contributed by atoms with Crippen molar-refractivity contribution in [1.29, 1.82) is 0 Å². The van der Waals surface area contributed by atoms with Crippen molar-refractivity contribution in [3.63, 3.8) is 0 Å². The highest BCUT2D eigenvalue weighted by Gasteiger charge is 2.19. The van der Waals surface area contributed by atoms with Gasteiger partial charge in [0.15, 0.2) is 0 Å². The molecule has 7 nitrogen and oxygen atoms in total. The van der Waals surface area contributed by atoms with Crippen LogP contribution in [-0.4, -0.2) is 43.0 Å². The van der Waals surface area contributed by atoms with Crippen LogP contribution in [0.25, 0.3) is 22.5 Å². The molecule has 1 atom stereocenters. The summed E-state index contributed by atoms with van der Waals surface area (Å²) in [5.41, 5.74) is 11.4. The number of rotatable bonds is 6. The number of aromatic nitrogens is 5. The highest BCUT2D eigenvalue weighted by molar-refractivity contribution is 6.30. The number of nitrogen functional groups attached to an aromatic ring is 1. The van der Waals surface area contributed by atoms with Gasteiger partial charge >= 0.3 is 0 Å². The van der Waals surface area contributed by atoms with Crippen LogP contribution in [-0.2, 0) is 6.54 Å².